The number of aromatic nitrogens is 1. The first-order valence-corrected chi connectivity index (χ1v) is 10.5. The second-order valence-electron chi connectivity index (χ2n) is 9.63. The van der Waals surface area contributed by atoms with Crippen LogP contribution in [0.1, 0.15) is 56.8 Å². The molecular weight excluding hydrogens is 372 g/mol. The number of aromatic carboxylic acids is 1. The third kappa shape index (κ3) is 3.19. The fourth-order valence-electron chi connectivity index (χ4n) is 6.50. The van der Waals surface area contributed by atoms with Crippen LogP contribution in [0.5, 0.6) is 0 Å². The van der Waals surface area contributed by atoms with Crippen LogP contribution in [-0.2, 0) is 16.1 Å². The zero-order valence-corrected chi connectivity index (χ0v) is 17.3. The van der Waals surface area contributed by atoms with Gasteiger partial charge in [0.25, 0.3) is 5.56 Å². The van der Waals surface area contributed by atoms with Gasteiger partial charge in [-0.3, -0.25) is 9.59 Å². The smallest absolute Gasteiger partial charge is 0.337 e. The van der Waals surface area contributed by atoms with E-state index in [1.54, 1.807) is 6.92 Å². The summed E-state index contributed by atoms with van der Waals surface area (Å²) >= 11 is 0. The molecule has 2 N–H and O–H groups in total. The van der Waals surface area contributed by atoms with Crippen molar-refractivity contribution >= 4 is 11.9 Å². The highest BCUT2D eigenvalue weighted by molar-refractivity contribution is 5.87. The molecule has 7 nitrogen and oxygen atoms in total. The number of aryl methyl sites for hydroxylation is 1. The van der Waals surface area contributed by atoms with Crippen LogP contribution in [0.25, 0.3) is 0 Å². The van der Waals surface area contributed by atoms with Gasteiger partial charge in [-0.1, -0.05) is 13.8 Å². The van der Waals surface area contributed by atoms with Crippen molar-refractivity contribution in [1.29, 1.82) is 0 Å². The number of rotatable bonds is 5. The highest BCUT2D eigenvalue weighted by Gasteiger charge is 2.68. The number of pyridine rings is 1. The summed E-state index contributed by atoms with van der Waals surface area (Å²) in [6.07, 6.45) is 5.24. The zero-order valence-electron chi connectivity index (χ0n) is 17.3. The molecule has 2 bridgehead atoms. The van der Waals surface area contributed by atoms with Crippen LogP contribution in [0.3, 0.4) is 0 Å². The Morgan fingerprint density at radius 3 is 2.79 bits per heavy atom. The van der Waals surface area contributed by atoms with Crippen LogP contribution in [0.15, 0.2) is 23.1 Å². The quantitative estimate of drug-likeness (QED) is 0.788. The molecule has 3 fully saturated rings. The van der Waals surface area contributed by atoms with E-state index in [-0.39, 0.29) is 40.0 Å². The van der Waals surface area contributed by atoms with Crippen molar-refractivity contribution < 1.29 is 19.4 Å². The molecule has 1 spiro atoms. The number of carbonyl (C=O) groups is 2. The molecule has 1 aromatic heterocycles. The van der Waals surface area contributed by atoms with E-state index < -0.39 is 5.97 Å². The summed E-state index contributed by atoms with van der Waals surface area (Å²) in [7, 11) is 0. The predicted octanol–water partition coefficient (Wildman–Crippen LogP) is 2.28. The standard InChI is InChI=1S/C22H30N2O5/c1-13(25)23-20-21(2,3)15-10-16-17(29-9-7-22(16,20)11-15)6-8-24-12-14(19(27)28)4-5-18(24)26/h4-5,12,15-17,20H,6-11H2,1-3H3,(H,23,25)(H,27,28)/t15-,16-,17-,20-,22?/m1/s1. The number of fused-ring (bicyclic) bond motifs is 1. The van der Waals surface area contributed by atoms with Gasteiger partial charge in [-0.05, 0) is 54.4 Å². The minimum absolute atomic E-state index is 0.0153. The minimum atomic E-state index is -1.04. The highest BCUT2D eigenvalue weighted by atomic mass is 16.5. The third-order valence-corrected chi connectivity index (χ3v) is 7.86. The van der Waals surface area contributed by atoms with Crippen molar-refractivity contribution in [3.8, 4) is 0 Å². The zero-order chi connectivity index (χ0) is 21.0. The number of nitrogens with one attached hydrogen (secondary N) is 1. The number of hydrogen-bond acceptors (Lipinski definition) is 4. The number of carbonyl (C=O) groups excluding carboxylic acids is 1. The summed E-state index contributed by atoms with van der Waals surface area (Å²) in [4.78, 5) is 35.3. The minimum Gasteiger partial charge on any atom is -0.478 e. The van der Waals surface area contributed by atoms with Gasteiger partial charge in [-0.15, -0.1) is 0 Å². The average Bonchev–Trinajstić information content (AvgIpc) is 3.14. The van der Waals surface area contributed by atoms with Crippen molar-refractivity contribution in [2.75, 3.05) is 6.61 Å². The first-order valence-electron chi connectivity index (χ1n) is 10.5. The van der Waals surface area contributed by atoms with Crippen LogP contribution < -0.4 is 10.9 Å². The lowest BCUT2D eigenvalue weighted by molar-refractivity contribution is -0.136. The molecule has 1 aromatic rings. The Morgan fingerprint density at radius 2 is 2.10 bits per heavy atom. The number of amides is 1. The van der Waals surface area contributed by atoms with Gasteiger partial charge >= 0.3 is 5.97 Å². The van der Waals surface area contributed by atoms with Gasteiger partial charge < -0.3 is 19.7 Å². The Hall–Kier alpha value is -2.15. The van der Waals surface area contributed by atoms with E-state index in [0.717, 1.165) is 19.3 Å². The molecule has 3 aliphatic rings. The summed E-state index contributed by atoms with van der Waals surface area (Å²) in [6, 6.07) is 2.78. The molecule has 1 saturated heterocycles. The largest absolute Gasteiger partial charge is 0.478 e. The van der Waals surface area contributed by atoms with Gasteiger partial charge in [-0.25, -0.2) is 4.79 Å². The molecule has 29 heavy (non-hydrogen) atoms. The molecule has 158 valence electrons. The highest BCUT2D eigenvalue weighted by Crippen LogP contribution is 2.68. The lowest BCUT2D eigenvalue weighted by Gasteiger charge is -2.53. The Labute approximate surface area is 170 Å². The Balaban J connectivity index is 1.54. The van der Waals surface area contributed by atoms with Gasteiger partial charge in [0.2, 0.25) is 5.91 Å². The van der Waals surface area contributed by atoms with Crippen LogP contribution >= 0.6 is 0 Å². The van der Waals surface area contributed by atoms with E-state index in [9.17, 15) is 19.5 Å². The summed E-state index contributed by atoms with van der Waals surface area (Å²) in [5, 5.41) is 12.4. The van der Waals surface area contributed by atoms with E-state index in [1.165, 1.54) is 22.9 Å². The SMILES string of the molecule is CC(=O)N[C@@H]1C(C)(C)[C@@H]2C[C@@H]3[C@@H](CCn4cc(C(=O)O)ccc4=O)OCCC31C2. The first kappa shape index (κ1) is 20.1. The number of hydrogen-bond donors (Lipinski definition) is 2. The topological polar surface area (TPSA) is 97.6 Å². The number of carboxylic acid groups (broad SMARTS) is 1. The van der Waals surface area contributed by atoms with E-state index in [0.29, 0.717) is 31.4 Å². The van der Waals surface area contributed by atoms with E-state index in [2.05, 4.69) is 19.2 Å². The molecule has 1 amide bonds. The van der Waals surface area contributed by atoms with Gasteiger partial charge in [0.05, 0.1) is 11.7 Å². The molecule has 2 heterocycles. The molecule has 1 unspecified atom stereocenters. The lowest BCUT2D eigenvalue weighted by Crippen LogP contribution is -2.60. The van der Waals surface area contributed by atoms with Crippen molar-refractivity contribution in [2.45, 2.75) is 65.1 Å². The number of ether oxygens (including phenoxy) is 1. The van der Waals surface area contributed by atoms with Gasteiger partial charge in [-0.2, -0.15) is 0 Å². The second kappa shape index (κ2) is 6.97. The van der Waals surface area contributed by atoms with Crippen LogP contribution in [0.4, 0.5) is 0 Å². The third-order valence-electron chi connectivity index (χ3n) is 7.86. The first-order chi connectivity index (χ1) is 13.6. The van der Waals surface area contributed by atoms with Crippen LogP contribution in [0.2, 0.25) is 0 Å². The molecule has 0 aromatic carbocycles. The second-order valence-corrected chi connectivity index (χ2v) is 9.63. The summed E-state index contributed by atoms with van der Waals surface area (Å²) in [5.41, 5.74) is 0.0247. The van der Waals surface area contributed by atoms with E-state index in [1.807, 2.05) is 0 Å². The maximum absolute atomic E-state index is 12.2. The average molecular weight is 402 g/mol. The van der Waals surface area contributed by atoms with Crippen molar-refractivity contribution in [1.82, 2.24) is 9.88 Å². The normalized spacial score (nSPS) is 34.6. The summed E-state index contributed by atoms with van der Waals surface area (Å²) in [5.74, 6) is -0.125. The molecule has 5 atom stereocenters. The summed E-state index contributed by atoms with van der Waals surface area (Å²) < 4.78 is 7.62. The van der Waals surface area contributed by atoms with Crippen LogP contribution in [-0.4, -0.2) is 40.3 Å². The molecule has 1 aliphatic heterocycles. The maximum Gasteiger partial charge on any atom is 0.337 e. The predicted molar refractivity (Wildman–Crippen MR) is 107 cm³/mol. The fraction of sp³-hybridized carbons (Fsp3) is 0.682. The molecular formula is C22H30N2O5. The van der Waals surface area contributed by atoms with Crippen molar-refractivity contribution in [3.63, 3.8) is 0 Å². The van der Waals surface area contributed by atoms with E-state index >= 15 is 0 Å². The number of nitrogens with zero attached hydrogens (tertiary/aromatic N) is 1. The number of carboxylic acids is 1. The maximum atomic E-state index is 12.2. The van der Waals surface area contributed by atoms with Crippen molar-refractivity contribution in [2.24, 2.45) is 22.7 Å². The Morgan fingerprint density at radius 1 is 1.34 bits per heavy atom. The Kier molecular flexibility index (Phi) is 4.84. The monoisotopic (exact) mass is 402 g/mol. The Bertz CT molecular complexity index is 891. The molecule has 2 saturated carbocycles. The molecule has 2 aliphatic carbocycles. The molecule has 7 heteroatoms. The molecule has 0 radical (unpaired) electrons. The van der Waals surface area contributed by atoms with Crippen molar-refractivity contribution in [3.05, 3.63) is 34.2 Å². The fourth-order valence-corrected chi connectivity index (χ4v) is 6.50. The molecule has 4 rings (SSSR count). The van der Waals surface area contributed by atoms with Gasteiger partial charge in [0, 0.05) is 38.4 Å². The van der Waals surface area contributed by atoms with Gasteiger partial charge in [0.15, 0.2) is 0 Å². The lowest BCUT2D eigenvalue weighted by atomic mass is 9.59. The van der Waals surface area contributed by atoms with E-state index in [4.69, 9.17) is 4.74 Å². The van der Waals surface area contributed by atoms with Gasteiger partial charge in [0.1, 0.15) is 0 Å². The van der Waals surface area contributed by atoms with Crippen LogP contribution in [0, 0.1) is 22.7 Å². The summed E-state index contributed by atoms with van der Waals surface area (Å²) in [6.45, 7) is 7.21.